The van der Waals surface area contributed by atoms with Crippen molar-refractivity contribution in [2.75, 3.05) is 25.5 Å². The van der Waals surface area contributed by atoms with Crippen molar-refractivity contribution in [3.63, 3.8) is 0 Å². The number of hydrogen-bond donors (Lipinski definition) is 1. The van der Waals surface area contributed by atoms with Crippen LogP contribution in [0.25, 0.3) is 0 Å². The molecule has 0 amide bonds. The fourth-order valence-corrected chi connectivity index (χ4v) is 8.32. The van der Waals surface area contributed by atoms with Crippen LogP contribution in [0.2, 0.25) is 0 Å². The van der Waals surface area contributed by atoms with Crippen molar-refractivity contribution < 1.29 is 14.3 Å². The molecule has 1 N–H and O–H groups in total. The van der Waals surface area contributed by atoms with Gasteiger partial charge in [-0.15, -0.1) is 0 Å². The van der Waals surface area contributed by atoms with Crippen molar-refractivity contribution in [3.8, 4) is 0 Å². The molecule has 5 nitrogen and oxygen atoms in total. The Balaban J connectivity index is 1.54. The molecule has 5 heteroatoms. The molecule has 3 spiro atoms. The Morgan fingerprint density at radius 3 is 3.08 bits per heavy atom. The normalized spacial score (nSPS) is 51.7. The van der Waals surface area contributed by atoms with Crippen LogP contribution in [0.15, 0.2) is 24.3 Å². The van der Waals surface area contributed by atoms with E-state index in [1.54, 1.807) is 7.11 Å². The van der Waals surface area contributed by atoms with Crippen molar-refractivity contribution in [2.45, 2.75) is 54.9 Å². The first kappa shape index (κ1) is 14.5. The number of methoxy groups -OCH3 is 1. The van der Waals surface area contributed by atoms with Gasteiger partial charge in [0.25, 0.3) is 0 Å². The molecule has 0 aromatic heterocycles. The van der Waals surface area contributed by atoms with Crippen molar-refractivity contribution in [3.05, 3.63) is 29.8 Å². The summed E-state index contributed by atoms with van der Waals surface area (Å²) in [5, 5.41) is 3.91. The number of ether oxygens (including phenoxy) is 2. The van der Waals surface area contributed by atoms with Crippen molar-refractivity contribution >= 4 is 11.7 Å². The number of carbonyl (C=O) groups is 1. The van der Waals surface area contributed by atoms with Gasteiger partial charge in [-0.25, -0.2) is 0 Å². The number of benzene rings is 1. The van der Waals surface area contributed by atoms with Gasteiger partial charge in [0.2, 0.25) is 0 Å². The minimum Gasteiger partial charge on any atom is -0.469 e. The summed E-state index contributed by atoms with van der Waals surface area (Å²) in [6.07, 6.45) is 4.97. The second-order valence-corrected chi connectivity index (χ2v) is 9.37. The number of fused-ring (bicyclic) bond motifs is 4. The van der Waals surface area contributed by atoms with Gasteiger partial charge in [-0.05, 0) is 43.9 Å². The number of esters is 1. The van der Waals surface area contributed by atoms with Crippen LogP contribution in [0.5, 0.6) is 0 Å². The van der Waals surface area contributed by atoms with Crippen LogP contribution in [0.3, 0.4) is 0 Å². The summed E-state index contributed by atoms with van der Waals surface area (Å²) in [4.78, 5) is 15.7. The van der Waals surface area contributed by atoms with Gasteiger partial charge in [0.05, 0.1) is 30.8 Å². The van der Waals surface area contributed by atoms with Gasteiger partial charge in [-0.3, -0.25) is 9.69 Å². The number of nitrogens with one attached hydrogen (secondary N) is 1. The maximum Gasteiger partial charge on any atom is 0.311 e. The zero-order chi connectivity index (χ0) is 17.3. The summed E-state index contributed by atoms with van der Waals surface area (Å²) in [5.41, 5.74) is 2.59. The van der Waals surface area contributed by atoms with Crippen LogP contribution in [0, 0.1) is 11.3 Å². The number of anilines is 1. The Labute approximate surface area is 153 Å². The van der Waals surface area contributed by atoms with E-state index in [4.69, 9.17) is 9.47 Å². The molecule has 7 aliphatic rings. The molecular weight excluding hydrogens is 328 g/mol. The van der Waals surface area contributed by atoms with Crippen LogP contribution < -0.4 is 5.32 Å². The molecule has 2 bridgehead atoms. The highest BCUT2D eigenvalue weighted by Gasteiger charge is 2.83. The first-order valence-electron chi connectivity index (χ1n) is 10.0. The first-order valence-corrected chi connectivity index (χ1v) is 10.0. The van der Waals surface area contributed by atoms with Gasteiger partial charge in [-0.2, -0.15) is 0 Å². The quantitative estimate of drug-likeness (QED) is 0.618. The van der Waals surface area contributed by atoms with Crippen molar-refractivity contribution in [2.24, 2.45) is 11.3 Å². The van der Waals surface area contributed by atoms with E-state index in [9.17, 15) is 4.79 Å². The third kappa shape index (κ3) is 1.23. The predicted octanol–water partition coefficient (Wildman–Crippen LogP) is 1.92. The lowest BCUT2D eigenvalue weighted by atomic mass is 9.39. The minimum atomic E-state index is -0.202. The molecule has 1 aromatic rings. The third-order valence-corrected chi connectivity index (χ3v) is 8.94. The first-order chi connectivity index (χ1) is 12.7. The zero-order valence-corrected chi connectivity index (χ0v) is 15.0. The lowest BCUT2D eigenvalue weighted by Gasteiger charge is -2.68. The van der Waals surface area contributed by atoms with Gasteiger partial charge in [0.1, 0.15) is 0 Å². The molecular formula is C21H24N2O3. The van der Waals surface area contributed by atoms with Crippen molar-refractivity contribution in [1.82, 2.24) is 4.90 Å². The fraction of sp³-hybridized carbons (Fsp3) is 0.667. The molecule has 26 heavy (non-hydrogen) atoms. The van der Waals surface area contributed by atoms with E-state index in [1.165, 1.54) is 11.3 Å². The summed E-state index contributed by atoms with van der Waals surface area (Å²) in [6.45, 7) is 2.19. The lowest BCUT2D eigenvalue weighted by Crippen LogP contribution is -2.78. The number of piperidine rings is 1. The highest BCUT2D eigenvalue weighted by atomic mass is 16.6. The molecule has 7 atom stereocenters. The summed E-state index contributed by atoms with van der Waals surface area (Å²) >= 11 is 0. The minimum absolute atomic E-state index is 0.00979. The van der Waals surface area contributed by atoms with Gasteiger partial charge >= 0.3 is 5.97 Å². The predicted molar refractivity (Wildman–Crippen MR) is 94.9 cm³/mol. The second-order valence-electron chi connectivity index (χ2n) is 9.37. The maximum atomic E-state index is 13.0. The van der Waals surface area contributed by atoms with Crippen LogP contribution in [-0.4, -0.2) is 54.9 Å². The average molecular weight is 352 g/mol. The summed E-state index contributed by atoms with van der Waals surface area (Å²) in [6, 6.07) is 9.28. The molecule has 1 aromatic carbocycles. The molecule has 0 radical (unpaired) electrons. The average Bonchev–Trinajstić information content (AvgIpc) is 3.26. The topological polar surface area (TPSA) is 54.1 Å². The number of hydrogen-bond acceptors (Lipinski definition) is 5. The van der Waals surface area contributed by atoms with E-state index < -0.39 is 0 Å². The summed E-state index contributed by atoms with van der Waals surface area (Å²) < 4.78 is 11.5. The number of rotatable bonds is 1. The van der Waals surface area contributed by atoms with Crippen LogP contribution in [-0.2, 0) is 19.7 Å². The maximum absolute atomic E-state index is 13.0. The zero-order valence-electron chi connectivity index (χ0n) is 15.0. The van der Waals surface area contributed by atoms with E-state index in [0.29, 0.717) is 18.2 Å². The fourth-order valence-electron chi connectivity index (χ4n) is 8.32. The van der Waals surface area contributed by atoms with Gasteiger partial charge in [0.15, 0.2) is 0 Å². The second kappa shape index (κ2) is 4.12. The van der Waals surface area contributed by atoms with Crippen molar-refractivity contribution in [1.29, 1.82) is 0 Å². The molecule has 0 unspecified atom stereocenters. The van der Waals surface area contributed by atoms with E-state index >= 15 is 0 Å². The molecule has 4 heterocycles. The smallest absolute Gasteiger partial charge is 0.311 e. The van der Waals surface area contributed by atoms with E-state index in [0.717, 1.165) is 38.8 Å². The Kier molecular flexibility index (Phi) is 2.29. The monoisotopic (exact) mass is 352 g/mol. The number of nitrogens with zero attached hydrogens (tertiary/aromatic N) is 1. The molecule has 136 valence electrons. The van der Waals surface area contributed by atoms with Crippen LogP contribution in [0.1, 0.15) is 31.2 Å². The number of carbonyl (C=O) groups excluding carboxylic acids is 1. The summed E-state index contributed by atoms with van der Waals surface area (Å²) in [5.74, 6) is -0.128. The SMILES string of the molecule is COC(=O)[C@@H]1C[C@@]23CC[C@]14Nc1ccccc1[C@]41CCN(C[C@@H]4O[C@@H]42)[C@H]31. The van der Waals surface area contributed by atoms with Gasteiger partial charge in [-0.1, -0.05) is 18.2 Å². The van der Waals surface area contributed by atoms with Gasteiger partial charge in [0, 0.05) is 29.1 Å². The van der Waals surface area contributed by atoms with E-state index in [2.05, 4.69) is 34.5 Å². The van der Waals surface area contributed by atoms with E-state index in [1.807, 2.05) is 0 Å². The number of para-hydroxylation sites is 1. The Morgan fingerprint density at radius 2 is 2.19 bits per heavy atom. The molecule has 3 saturated heterocycles. The highest BCUT2D eigenvalue weighted by Crippen LogP contribution is 2.76. The highest BCUT2D eigenvalue weighted by molar-refractivity contribution is 5.81. The Bertz CT molecular complexity index is 857. The van der Waals surface area contributed by atoms with E-state index in [-0.39, 0.29) is 28.3 Å². The largest absolute Gasteiger partial charge is 0.469 e. The Morgan fingerprint density at radius 1 is 1.31 bits per heavy atom. The molecule has 3 saturated carbocycles. The van der Waals surface area contributed by atoms with Crippen LogP contribution in [0.4, 0.5) is 5.69 Å². The Hall–Kier alpha value is -1.59. The molecule has 6 fully saturated rings. The van der Waals surface area contributed by atoms with Gasteiger partial charge < -0.3 is 14.8 Å². The standard InChI is InChI=1S/C21H24N2O3/c1-25-17(24)13-10-19-6-7-21(13)20(12-4-2-3-5-14(12)22-21)8-9-23(18(19)20)11-15-16(19)26-15/h2-5,13,15-16,18,22H,6-11H2,1H3/t13-,15-,16-,18+,19-,20-,21-/m0/s1. The lowest BCUT2D eigenvalue weighted by molar-refractivity contribution is -0.170. The number of epoxide rings is 1. The molecule has 8 rings (SSSR count). The van der Waals surface area contributed by atoms with Crippen LogP contribution >= 0.6 is 0 Å². The molecule has 4 aliphatic heterocycles. The molecule has 3 aliphatic carbocycles. The summed E-state index contributed by atoms with van der Waals surface area (Å²) in [7, 11) is 1.55. The third-order valence-electron chi connectivity index (χ3n) is 8.94.